The van der Waals surface area contributed by atoms with Crippen LogP contribution in [0.4, 0.5) is 0 Å². The van der Waals surface area contributed by atoms with Crippen LogP contribution in [0.15, 0.2) is 24.4 Å². The Morgan fingerprint density at radius 1 is 1.42 bits per heavy atom. The molecule has 0 saturated carbocycles. The van der Waals surface area contributed by atoms with Crippen LogP contribution in [0.5, 0.6) is 5.75 Å². The first-order valence-electron chi connectivity index (χ1n) is 6.12. The SMILES string of the molecule is COc1ccc2c(c1)c(C(N)C(=O)O)cn2C(C)C. The number of benzene rings is 1. The summed E-state index contributed by atoms with van der Waals surface area (Å²) in [5, 5.41) is 9.93. The monoisotopic (exact) mass is 262 g/mol. The topological polar surface area (TPSA) is 77.5 Å². The third-order valence-electron chi connectivity index (χ3n) is 3.23. The van der Waals surface area contributed by atoms with Crippen LogP contribution < -0.4 is 10.5 Å². The molecule has 0 aliphatic heterocycles. The van der Waals surface area contributed by atoms with E-state index in [4.69, 9.17) is 15.6 Å². The summed E-state index contributed by atoms with van der Waals surface area (Å²) in [7, 11) is 1.58. The number of carbonyl (C=O) groups is 1. The number of carboxylic acids is 1. The summed E-state index contributed by atoms with van der Waals surface area (Å²) in [6.07, 6.45) is 1.81. The van der Waals surface area contributed by atoms with Gasteiger partial charge in [0, 0.05) is 28.7 Å². The van der Waals surface area contributed by atoms with E-state index in [9.17, 15) is 4.79 Å². The molecule has 5 heteroatoms. The van der Waals surface area contributed by atoms with Gasteiger partial charge in [0.05, 0.1) is 7.11 Å². The number of rotatable bonds is 4. The lowest BCUT2D eigenvalue weighted by molar-refractivity contribution is -0.138. The average Bonchev–Trinajstić information content (AvgIpc) is 2.76. The van der Waals surface area contributed by atoms with Crippen molar-refractivity contribution in [2.45, 2.75) is 25.9 Å². The molecule has 1 aromatic heterocycles. The fraction of sp³-hybridized carbons (Fsp3) is 0.357. The molecule has 1 atom stereocenters. The van der Waals surface area contributed by atoms with Gasteiger partial charge in [0.15, 0.2) is 0 Å². The highest BCUT2D eigenvalue weighted by Crippen LogP contribution is 2.31. The summed E-state index contributed by atoms with van der Waals surface area (Å²) in [6, 6.07) is 4.80. The maximum Gasteiger partial charge on any atom is 0.325 e. The molecule has 0 aliphatic rings. The van der Waals surface area contributed by atoms with Gasteiger partial charge in [-0.2, -0.15) is 0 Å². The van der Waals surface area contributed by atoms with E-state index in [2.05, 4.69) is 0 Å². The highest BCUT2D eigenvalue weighted by Gasteiger charge is 2.21. The number of nitrogens with two attached hydrogens (primary N) is 1. The molecule has 19 heavy (non-hydrogen) atoms. The molecule has 1 unspecified atom stereocenters. The lowest BCUT2D eigenvalue weighted by Crippen LogP contribution is -2.20. The van der Waals surface area contributed by atoms with E-state index in [-0.39, 0.29) is 6.04 Å². The van der Waals surface area contributed by atoms with Crippen molar-refractivity contribution in [2.75, 3.05) is 7.11 Å². The molecule has 5 nitrogen and oxygen atoms in total. The van der Waals surface area contributed by atoms with Gasteiger partial charge < -0.3 is 20.1 Å². The molecule has 0 bridgehead atoms. The van der Waals surface area contributed by atoms with E-state index < -0.39 is 12.0 Å². The lowest BCUT2D eigenvalue weighted by atomic mass is 10.1. The van der Waals surface area contributed by atoms with Gasteiger partial charge in [-0.15, -0.1) is 0 Å². The second kappa shape index (κ2) is 4.93. The standard InChI is InChI=1S/C14H18N2O3/c1-8(2)16-7-11(13(15)14(17)18)10-6-9(19-3)4-5-12(10)16/h4-8,13H,15H2,1-3H3,(H,17,18). The van der Waals surface area contributed by atoms with Crippen molar-refractivity contribution in [3.63, 3.8) is 0 Å². The van der Waals surface area contributed by atoms with Crippen molar-refractivity contribution in [3.8, 4) is 5.75 Å². The van der Waals surface area contributed by atoms with Gasteiger partial charge in [-0.3, -0.25) is 4.79 Å². The fourth-order valence-electron chi connectivity index (χ4n) is 2.20. The van der Waals surface area contributed by atoms with Crippen LogP contribution in [0.25, 0.3) is 10.9 Å². The van der Waals surface area contributed by atoms with Gasteiger partial charge in [0.1, 0.15) is 11.8 Å². The Hall–Kier alpha value is -2.01. The van der Waals surface area contributed by atoms with Crippen LogP contribution in [0.1, 0.15) is 31.5 Å². The maximum atomic E-state index is 11.1. The van der Waals surface area contributed by atoms with Gasteiger partial charge in [0.2, 0.25) is 0 Å². The van der Waals surface area contributed by atoms with E-state index in [1.165, 1.54) is 0 Å². The predicted octanol–water partition coefficient (Wildman–Crippen LogP) is 2.32. The van der Waals surface area contributed by atoms with E-state index in [0.717, 1.165) is 10.9 Å². The smallest absolute Gasteiger partial charge is 0.325 e. The second-order valence-corrected chi connectivity index (χ2v) is 4.78. The maximum absolute atomic E-state index is 11.1. The van der Waals surface area contributed by atoms with Crippen molar-refractivity contribution in [2.24, 2.45) is 5.73 Å². The number of fused-ring (bicyclic) bond motifs is 1. The van der Waals surface area contributed by atoms with Gasteiger partial charge in [-0.05, 0) is 32.0 Å². The minimum atomic E-state index is -1.04. The molecule has 0 fully saturated rings. The van der Waals surface area contributed by atoms with Crippen molar-refractivity contribution >= 4 is 16.9 Å². The number of aromatic nitrogens is 1. The molecule has 0 saturated heterocycles. The van der Waals surface area contributed by atoms with Gasteiger partial charge in [-0.25, -0.2) is 0 Å². The van der Waals surface area contributed by atoms with E-state index >= 15 is 0 Å². The Balaban J connectivity index is 2.71. The normalized spacial score (nSPS) is 12.9. The molecule has 1 heterocycles. The van der Waals surface area contributed by atoms with Crippen molar-refractivity contribution in [3.05, 3.63) is 30.0 Å². The molecule has 0 amide bonds. The Labute approximate surface area is 111 Å². The number of hydrogen-bond donors (Lipinski definition) is 2. The van der Waals surface area contributed by atoms with Gasteiger partial charge in [0.25, 0.3) is 0 Å². The largest absolute Gasteiger partial charge is 0.497 e. The zero-order valence-electron chi connectivity index (χ0n) is 11.3. The number of hydrogen-bond acceptors (Lipinski definition) is 3. The summed E-state index contributed by atoms with van der Waals surface area (Å²) in [5.74, 6) is -0.349. The Bertz CT molecular complexity index is 616. The molecule has 0 aliphatic carbocycles. The predicted molar refractivity (Wildman–Crippen MR) is 73.4 cm³/mol. The first kappa shape index (κ1) is 13.4. The van der Waals surface area contributed by atoms with Crippen molar-refractivity contribution in [1.29, 1.82) is 0 Å². The van der Waals surface area contributed by atoms with Crippen LogP contribution in [-0.4, -0.2) is 22.8 Å². The first-order valence-corrected chi connectivity index (χ1v) is 6.12. The number of carboxylic acid groups (broad SMARTS) is 1. The lowest BCUT2D eigenvalue weighted by Gasteiger charge is -2.09. The minimum absolute atomic E-state index is 0.227. The fourth-order valence-corrected chi connectivity index (χ4v) is 2.20. The Morgan fingerprint density at radius 2 is 2.11 bits per heavy atom. The van der Waals surface area contributed by atoms with Crippen LogP contribution in [0, 0.1) is 0 Å². The number of ether oxygens (including phenoxy) is 1. The number of methoxy groups -OCH3 is 1. The molecular formula is C14H18N2O3. The van der Waals surface area contributed by atoms with Crippen molar-refractivity contribution in [1.82, 2.24) is 4.57 Å². The third kappa shape index (κ3) is 2.29. The van der Waals surface area contributed by atoms with Crippen LogP contribution in [0.2, 0.25) is 0 Å². The zero-order valence-corrected chi connectivity index (χ0v) is 11.3. The first-order chi connectivity index (χ1) is 8.95. The van der Waals surface area contributed by atoms with Crippen LogP contribution in [0.3, 0.4) is 0 Å². The van der Waals surface area contributed by atoms with Crippen LogP contribution in [-0.2, 0) is 4.79 Å². The van der Waals surface area contributed by atoms with E-state index in [1.54, 1.807) is 7.11 Å². The molecule has 3 N–H and O–H groups in total. The highest BCUT2D eigenvalue weighted by molar-refractivity contribution is 5.90. The Kier molecular flexibility index (Phi) is 3.48. The third-order valence-corrected chi connectivity index (χ3v) is 3.23. The summed E-state index contributed by atoms with van der Waals surface area (Å²) in [4.78, 5) is 11.1. The zero-order chi connectivity index (χ0) is 14.2. The highest BCUT2D eigenvalue weighted by atomic mass is 16.5. The van der Waals surface area contributed by atoms with E-state index in [1.807, 2.05) is 42.8 Å². The van der Waals surface area contributed by atoms with Crippen LogP contribution >= 0.6 is 0 Å². The number of aliphatic carboxylic acids is 1. The molecule has 1 aromatic carbocycles. The van der Waals surface area contributed by atoms with Crippen molar-refractivity contribution < 1.29 is 14.6 Å². The summed E-state index contributed by atoms with van der Waals surface area (Å²) in [6.45, 7) is 4.08. The molecule has 2 aromatic rings. The number of nitrogens with zero attached hydrogens (tertiary/aromatic N) is 1. The molecule has 2 rings (SSSR count). The van der Waals surface area contributed by atoms with Gasteiger partial charge >= 0.3 is 5.97 Å². The summed E-state index contributed by atoms with van der Waals surface area (Å²) in [5.41, 5.74) is 7.32. The van der Waals surface area contributed by atoms with Gasteiger partial charge in [-0.1, -0.05) is 0 Å². The molecule has 102 valence electrons. The molecule has 0 spiro atoms. The summed E-state index contributed by atoms with van der Waals surface area (Å²) >= 11 is 0. The minimum Gasteiger partial charge on any atom is -0.497 e. The summed E-state index contributed by atoms with van der Waals surface area (Å²) < 4.78 is 7.21. The Morgan fingerprint density at radius 3 is 2.63 bits per heavy atom. The van der Waals surface area contributed by atoms with E-state index in [0.29, 0.717) is 11.3 Å². The quantitative estimate of drug-likeness (QED) is 0.886. The molecular weight excluding hydrogens is 244 g/mol. The molecule has 0 radical (unpaired) electrons. The second-order valence-electron chi connectivity index (χ2n) is 4.78. The average molecular weight is 262 g/mol.